The summed E-state index contributed by atoms with van der Waals surface area (Å²) >= 11 is 4.94. The quantitative estimate of drug-likeness (QED) is 0.874. The lowest BCUT2D eigenvalue weighted by atomic mass is 9.99. The lowest BCUT2D eigenvalue weighted by Gasteiger charge is -2.16. The molecule has 1 atom stereocenters. The fourth-order valence-corrected chi connectivity index (χ4v) is 3.33. The van der Waals surface area contributed by atoms with Crippen molar-refractivity contribution in [3.8, 4) is 0 Å². The predicted molar refractivity (Wildman–Crippen MR) is 78.7 cm³/mol. The summed E-state index contributed by atoms with van der Waals surface area (Å²) in [6, 6.07) is 5.47. The number of benzene rings is 1. The lowest BCUT2D eigenvalue weighted by molar-refractivity contribution is 0.587. The minimum Gasteiger partial charge on any atom is -0.313 e. The highest BCUT2D eigenvalue weighted by Gasteiger charge is 2.14. The fraction of sp³-hybridized carbons (Fsp3) is 0.286. The highest BCUT2D eigenvalue weighted by atomic mass is 79.9. The Hall–Kier alpha value is -0.710. The van der Waals surface area contributed by atoms with Crippen LogP contribution in [0, 0.1) is 12.7 Å². The van der Waals surface area contributed by atoms with Crippen LogP contribution in [0.15, 0.2) is 33.4 Å². The van der Waals surface area contributed by atoms with E-state index in [1.54, 1.807) is 11.3 Å². The molecule has 0 fully saturated rings. The molecular formula is C14H15BrFNS. The van der Waals surface area contributed by atoms with Crippen LogP contribution in [-0.4, -0.2) is 7.05 Å². The number of halogens is 2. The molecule has 0 amide bonds. The van der Waals surface area contributed by atoms with Crippen LogP contribution in [0.25, 0.3) is 0 Å². The summed E-state index contributed by atoms with van der Waals surface area (Å²) < 4.78 is 13.7. The second-order valence-electron chi connectivity index (χ2n) is 4.30. The Labute approximate surface area is 119 Å². The predicted octanol–water partition coefficient (Wildman–Crippen LogP) is 4.46. The number of hydrogen-bond donors (Lipinski definition) is 1. The second-order valence-corrected chi connectivity index (χ2v) is 5.90. The zero-order valence-electron chi connectivity index (χ0n) is 10.3. The summed E-state index contributed by atoms with van der Waals surface area (Å²) in [4.78, 5) is 0. The Balaban J connectivity index is 2.20. The number of aryl methyl sites for hydroxylation is 1. The van der Waals surface area contributed by atoms with Crippen LogP contribution >= 0.6 is 27.3 Å². The molecule has 0 saturated heterocycles. The van der Waals surface area contributed by atoms with Gasteiger partial charge in [-0.25, -0.2) is 4.39 Å². The van der Waals surface area contributed by atoms with Crippen LogP contribution in [0.4, 0.5) is 4.39 Å². The Morgan fingerprint density at radius 3 is 2.72 bits per heavy atom. The van der Waals surface area contributed by atoms with Gasteiger partial charge in [-0.05, 0) is 75.9 Å². The van der Waals surface area contributed by atoms with Crippen LogP contribution in [0.2, 0.25) is 0 Å². The first-order valence-corrected chi connectivity index (χ1v) is 7.49. The Bertz CT molecular complexity index is 538. The third kappa shape index (κ3) is 2.99. The molecule has 1 heterocycles. The first-order chi connectivity index (χ1) is 8.61. The molecule has 1 unspecified atom stereocenters. The molecule has 0 aliphatic rings. The topological polar surface area (TPSA) is 12.0 Å². The van der Waals surface area contributed by atoms with Gasteiger partial charge in [-0.2, -0.15) is 11.3 Å². The van der Waals surface area contributed by atoms with E-state index in [0.29, 0.717) is 4.47 Å². The minimum atomic E-state index is -0.216. The highest BCUT2D eigenvalue weighted by molar-refractivity contribution is 9.10. The van der Waals surface area contributed by atoms with E-state index >= 15 is 0 Å². The molecule has 0 aliphatic heterocycles. The van der Waals surface area contributed by atoms with Gasteiger partial charge in [0.15, 0.2) is 0 Å². The van der Waals surface area contributed by atoms with E-state index in [2.05, 4.69) is 38.9 Å². The van der Waals surface area contributed by atoms with Gasteiger partial charge in [0.1, 0.15) is 5.82 Å². The molecule has 18 heavy (non-hydrogen) atoms. The molecule has 0 radical (unpaired) electrons. The largest absolute Gasteiger partial charge is 0.313 e. The van der Waals surface area contributed by atoms with Crippen LogP contribution < -0.4 is 5.32 Å². The minimum absolute atomic E-state index is 0.216. The van der Waals surface area contributed by atoms with Crippen molar-refractivity contribution in [1.82, 2.24) is 5.32 Å². The lowest BCUT2D eigenvalue weighted by Crippen LogP contribution is -2.19. The molecule has 4 heteroatoms. The van der Waals surface area contributed by atoms with E-state index in [1.165, 1.54) is 17.2 Å². The first-order valence-electron chi connectivity index (χ1n) is 5.75. The molecule has 0 saturated carbocycles. The molecule has 2 aromatic rings. The Morgan fingerprint density at radius 1 is 1.39 bits per heavy atom. The monoisotopic (exact) mass is 327 g/mol. The molecule has 0 bridgehead atoms. The van der Waals surface area contributed by atoms with Crippen molar-refractivity contribution in [2.75, 3.05) is 7.05 Å². The number of rotatable bonds is 4. The Morgan fingerprint density at radius 2 is 2.17 bits per heavy atom. The maximum atomic E-state index is 13.2. The van der Waals surface area contributed by atoms with E-state index in [0.717, 1.165) is 12.0 Å². The molecule has 1 N–H and O–H groups in total. The van der Waals surface area contributed by atoms with Crippen molar-refractivity contribution < 1.29 is 4.39 Å². The third-order valence-electron chi connectivity index (χ3n) is 3.04. The summed E-state index contributed by atoms with van der Waals surface area (Å²) in [7, 11) is 1.96. The maximum Gasteiger partial charge on any atom is 0.137 e. The summed E-state index contributed by atoms with van der Waals surface area (Å²) in [5.74, 6) is -0.216. The van der Waals surface area contributed by atoms with Gasteiger partial charge in [0.05, 0.1) is 4.47 Å². The van der Waals surface area contributed by atoms with E-state index in [-0.39, 0.29) is 11.9 Å². The van der Waals surface area contributed by atoms with Gasteiger partial charge in [0.25, 0.3) is 0 Å². The number of nitrogens with one attached hydrogen (secondary N) is 1. The molecular weight excluding hydrogens is 313 g/mol. The fourth-order valence-electron chi connectivity index (χ4n) is 2.00. The van der Waals surface area contributed by atoms with Crippen molar-refractivity contribution in [3.63, 3.8) is 0 Å². The van der Waals surface area contributed by atoms with E-state index in [9.17, 15) is 4.39 Å². The Kier molecular flexibility index (Phi) is 4.54. The zero-order valence-corrected chi connectivity index (χ0v) is 12.7. The van der Waals surface area contributed by atoms with Gasteiger partial charge in [-0.3, -0.25) is 0 Å². The van der Waals surface area contributed by atoms with Crippen molar-refractivity contribution in [2.24, 2.45) is 0 Å². The number of thiophene rings is 1. The first kappa shape index (κ1) is 13.7. The van der Waals surface area contributed by atoms with Gasteiger partial charge in [0.2, 0.25) is 0 Å². The third-order valence-corrected chi connectivity index (χ3v) is 4.53. The number of hydrogen-bond acceptors (Lipinski definition) is 2. The van der Waals surface area contributed by atoms with Crippen LogP contribution in [0.3, 0.4) is 0 Å². The van der Waals surface area contributed by atoms with Gasteiger partial charge in [0, 0.05) is 6.04 Å². The summed E-state index contributed by atoms with van der Waals surface area (Å²) in [6.07, 6.45) is 0.854. The van der Waals surface area contributed by atoms with E-state index in [1.807, 2.05) is 19.2 Å². The van der Waals surface area contributed by atoms with Gasteiger partial charge < -0.3 is 5.32 Å². The molecule has 0 spiro atoms. The van der Waals surface area contributed by atoms with Crippen LogP contribution in [-0.2, 0) is 6.42 Å². The van der Waals surface area contributed by atoms with E-state index < -0.39 is 0 Å². The average Bonchev–Trinajstić information content (AvgIpc) is 2.77. The SMILES string of the molecule is CNC(Cc1ccc(F)c(Br)c1)c1cscc1C. The van der Waals surface area contributed by atoms with Crippen molar-refractivity contribution >= 4 is 27.3 Å². The number of likely N-dealkylation sites (N-methyl/N-ethyl adjacent to an activating group) is 1. The maximum absolute atomic E-state index is 13.2. The second kappa shape index (κ2) is 5.95. The molecule has 1 aromatic carbocycles. The average molecular weight is 328 g/mol. The van der Waals surface area contributed by atoms with Crippen LogP contribution in [0.1, 0.15) is 22.7 Å². The van der Waals surface area contributed by atoms with Crippen molar-refractivity contribution in [3.05, 3.63) is 55.9 Å². The van der Waals surface area contributed by atoms with E-state index in [4.69, 9.17) is 0 Å². The van der Waals surface area contributed by atoms with Crippen molar-refractivity contribution in [1.29, 1.82) is 0 Å². The summed E-state index contributed by atoms with van der Waals surface area (Å²) in [6.45, 7) is 2.12. The molecule has 2 rings (SSSR count). The normalized spacial score (nSPS) is 12.7. The standard InChI is InChI=1S/C14H15BrFNS/c1-9-7-18-8-11(9)14(17-2)6-10-3-4-13(16)12(15)5-10/h3-5,7-8,14,17H,6H2,1-2H3. The molecule has 1 aromatic heterocycles. The highest BCUT2D eigenvalue weighted by Crippen LogP contribution is 2.26. The molecule has 96 valence electrons. The molecule has 0 aliphatic carbocycles. The zero-order chi connectivity index (χ0) is 13.1. The van der Waals surface area contributed by atoms with Crippen molar-refractivity contribution in [2.45, 2.75) is 19.4 Å². The summed E-state index contributed by atoms with van der Waals surface area (Å²) in [5, 5.41) is 7.65. The van der Waals surface area contributed by atoms with Gasteiger partial charge >= 0.3 is 0 Å². The van der Waals surface area contributed by atoms with Crippen LogP contribution in [0.5, 0.6) is 0 Å². The van der Waals surface area contributed by atoms with Gasteiger partial charge in [-0.1, -0.05) is 6.07 Å². The summed E-state index contributed by atoms with van der Waals surface area (Å²) in [5.41, 5.74) is 3.75. The van der Waals surface area contributed by atoms with Gasteiger partial charge in [-0.15, -0.1) is 0 Å². The molecule has 1 nitrogen and oxygen atoms in total. The smallest absolute Gasteiger partial charge is 0.137 e.